The van der Waals surface area contributed by atoms with Gasteiger partial charge in [-0.15, -0.1) is 0 Å². The van der Waals surface area contributed by atoms with Crippen molar-refractivity contribution in [2.24, 2.45) is 0 Å². The first-order chi connectivity index (χ1) is 11.5. The van der Waals surface area contributed by atoms with Gasteiger partial charge in [0.25, 0.3) is 0 Å². The van der Waals surface area contributed by atoms with Gasteiger partial charge in [-0.1, -0.05) is 0 Å². The molecule has 0 aliphatic rings. The molecule has 1 aromatic carbocycles. The summed E-state index contributed by atoms with van der Waals surface area (Å²) in [5.41, 5.74) is 0.332. The quantitative estimate of drug-likeness (QED) is 0.733. The number of rotatable bonds is 4. The Morgan fingerprint density at radius 2 is 2.12 bits per heavy atom. The van der Waals surface area contributed by atoms with Crippen LogP contribution in [0.3, 0.4) is 0 Å². The molecule has 2 heterocycles. The molecule has 0 atom stereocenters. The van der Waals surface area contributed by atoms with Crippen LogP contribution in [0.15, 0.2) is 28.9 Å². The minimum absolute atomic E-state index is 0.00469. The Kier molecular flexibility index (Phi) is 4.11. The lowest BCUT2D eigenvalue weighted by Crippen LogP contribution is -2.07. The van der Waals surface area contributed by atoms with E-state index in [1.54, 1.807) is 13.8 Å². The molecule has 0 fully saturated rings. The Morgan fingerprint density at radius 1 is 1.33 bits per heavy atom. The number of benzene rings is 1. The maximum atomic E-state index is 13.9. The summed E-state index contributed by atoms with van der Waals surface area (Å²) in [4.78, 5) is 20.2. The van der Waals surface area contributed by atoms with Gasteiger partial charge in [0.05, 0.1) is 17.7 Å². The van der Waals surface area contributed by atoms with E-state index >= 15 is 0 Å². The molecule has 0 bridgehead atoms. The average Bonchev–Trinajstić information content (AvgIpc) is 2.87. The van der Waals surface area contributed by atoms with E-state index in [2.05, 4.69) is 15.3 Å². The van der Waals surface area contributed by atoms with Crippen LogP contribution in [0.5, 0.6) is 0 Å². The summed E-state index contributed by atoms with van der Waals surface area (Å²) in [6.45, 7) is 3.46. The van der Waals surface area contributed by atoms with E-state index in [4.69, 9.17) is 9.15 Å². The number of nitrogens with zero attached hydrogens (tertiary/aromatic N) is 2. The molecule has 2 aromatic heterocycles. The minimum Gasteiger partial charge on any atom is -0.462 e. The number of fused-ring (bicyclic) bond motifs is 1. The molecular formula is C16H13F2N3O3. The molecule has 0 unspecified atom stereocenters. The van der Waals surface area contributed by atoms with E-state index in [9.17, 15) is 13.6 Å². The molecule has 0 saturated heterocycles. The lowest BCUT2D eigenvalue weighted by atomic mass is 10.2. The summed E-state index contributed by atoms with van der Waals surface area (Å²) >= 11 is 0. The van der Waals surface area contributed by atoms with Crippen LogP contribution < -0.4 is 5.32 Å². The first-order valence-corrected chi connectivity index (χ1v) is 7.14. The maximum absolute atomic E-state index is 13.9. The van der Waals surface area contributed by atoms with E-state index < -0.39 is 17.6 Å². The normalized spacial score (nSPS) is 10.8. The average molecular weight is 333 g/mol. The lowest BCUT2D eigenvalue weighted by molar-refractivity contribution is 0.0526. The molecule has 1 N–H and O–H groups in total. The third-order valence-electron chi connectivity index (χ3n) is 3.33. The zero-order chi connectivity index (χ0) is 17.3. The van der Waals surface area contributed by atoms with Gasteiger partial charge < -0.3 is 14.5 Å². The number of hydrogen-bond acceptors (Lipinski definition) is 6. The van der Waals surface area contributed by atoms with Crippen molar-refractivity contribution >= 4 is 28.6 Å². The fourth-order valence-electron chi connectivity index (χ4n) is 2.31. The summed E-state index contributed by atoms with van der Waals surface area (Å²) in [6.07, 6.45) is 1.21. The highest BCUT2D eigenvalue weighted by Crippen LogP contribution is 2.31. The summed E-state index contributed by atoms with van der Waals surface area (Å²) in [5, 5.41) is 3.01. The van der Waals surface area contributed by atoms with Crippen LogP contribution in [-0.4, -0.2) is 22.5 Å². The first kappa shape index (κ1) is 15.9. The molecule has 3 rings (SSSR count). The number of aryl methyl sites for hydroxylation is 1. The van der Waals surface area contributed by atoms with Crippen molar-refractivity contribution in [1.29, 1.82) is 0 Å². The highest BCUT2D eigenvalue weighted by molar-refractivity contribution is 6.08. The summed E-state index contributed by atoms with van der Waals surface area (Å²) < 4.78 is 37.4. The smallest absolute Gasteiger partial charge is 0.342 e. The van der Waals surface area contributed by atoms with Gasteiger partial charge in [0.2, 0.25) is 5.71 Å². The highest BCUT2D eigenvalue weighted by atomic mass is 19.1. The molecule has 8 heteroatoms. The molecule has 3 aromatic rings. The van der Waals surface area contributed by atoms with Gasteiger partial charge in [0.15, 0.2) is 0 Å². The van der Waals surface area contributed by atoms with Crippen molar-refractivity contribution in [3.05, 3.63) is 47.5 Å². The summed E-state index contributed by atoms with van der Waals surface area (Å²) in [5.74, 6) is -1.61. The van der Waals surface area contributed by atoms with Crippen molar-refractivity contribution in [2.75, 3.05) is 11.9 Å². The molecule has 24 heavy (non-hydrogen) atoms. The van der Waals surface area contributed by atoms with E-state index in [0.717, 1.165) is 12.1 Å². The SMILES string of the molecule is CCOC(=O)c1c(C)oc2ncnc(Nc3ccc(F)cc3F)c12. The standard InChI is InChI=1S/C16H13F2N3O3/c1-3-23-16(22)12-8(2)24-15-13(12)14(19-7-20-15)21-11-5-4-9(17)6-10(11)18/h4-7H,3H2,1-2H3,(H,19,20,21). The van der Waals surface area contributed by atoms with Crippen molar-refractivity contribution in [3.63, 3.8) is 0 Å². The maximum Gasteiger partial charge on any atom is 0.342 e. The Bertz CT molecular complexity index is 924. The highest BCUT2D eigenvalue weighted by Gasteiger charge is 2.24. The number of ether oxygens (including phenoxy) is 1. The van der Waals surface area contributed by atoms with Crippen LogP contribution in [0.25, 0.3) is 11.1 Å². The molecule has 0 aliphatic carbocycles. The van der Waals surface area contributed by atoms with Gasteiger partial charge in [-0.25, -0.2) is 23.5 Å². The number of esters is 1. The van der Waals surface area contributed by atoms with Crippen LogP contribution in [0.2, 0.25) is 0 Å². The topological polar surface area (TPSA) is 77.2 Å². The second-order valence-corrected chi connectivity index (χ2v) is 4.91. The molecule has 6 nitrogen and oxygen atoms in total. The van der Waals surface area contributed by atoms with Gasteiger partial charge >= 0.3 is 5.97 Å². The number of nitrogens with one attached hydrogen (secondary N) is 1. The Morgan fingerprint density at radius 3 is 2.83 bits per heavy atom. The second kappa shape index (κ2) is 6.23. The van der Waals surface area contributed by atoms with Gasteiger partial charge in [0.1, 0.15) is 35.1 Å². The van der Waals surface area contributed by atoms with E-state index in [0.29, 0.717) is 5.76 Å². The van der Waals surface area contributed by atoms with E-state index in [1.165, 1.54) is 12.4 Å². The van der Waals surface area contributed by atoms with Crippen molar-refractivity contribution in [2.45, 2.75) is 13.8 Å². The van der Waals surface area contributed by atoms with Crippen molar-refractivity contribution in [3.8, 4) is 0 Å². The number of aromatic nitrogens is 2. The minimum atomic E-state index is -0.792. The number of halogens is 2. The Hall–Kier alpha value is -3.03. The largest absolute Gasteiger partial charge is 0.462 e. The summed E-state index contributed by atoms with van der Waals surface area (Å²) in [7, 11) is 0. The molecule has 0 saturated carbocycles. The van der Waals surface area contributed by atoms with Crippen LogP contribution >= 0.6 is 0 Å². The second-order valence-electron chi connectivity index (χ2n) is 4.91. The number of anilines is 2. The molecule has 0 radical (unpaired) electrons. The third kappa shape index (κ3) is 2.78. The van der Waals surface area contributed by atoms with Crippen LogP contribution in [-0.2, 0) is 4.74 Å². The van der Waals surface area contributed by atoms with Crippen LogP contribution in [0.1, 0.15) is 23.0 Å². The third-order valence-corrected chi connectivity index (χ3v) is 3.33. The predicted molar refractivity (Wildman–Crippen MR) is 82.1 cm³/mol. The Balaban J connectivity index is 2.12. The van der Waals surface area contributed by atoms with Crippen molar-refractivity contribution < 1.29 is 22.7 Å². The molecule has 124 valence electrons. The zero-order valence-corrected chi connectivity index (χ0v) is 12.9. The fraction of sp³-hybridized carbons (Fsp3) is 0.188. The first-order valence-electron chi connectivity index (χ1n) is 7.14. The van der Waals surface area contributed by atoms with Gasteiger partial charge in [-0.05, 0) is 26.0 Å². The molecule has 0 amide bonds. The van der Waals surface area contributed by atoms with Crippen LogP contribution in [0, 0.1) is 18.6 Å². The fourth-order valence-corrected chi connectivity index (χ4v) is 2.31. The predicted octanol–water partition coefficient (Wildman–Crippen LogP) is 3.73. The van der Waals surface area contributed by atoms with E-state index in [-0.39, 0.29) is 34.8 Å². The summed E-state index contributed by atoms with van der Waals surface area (Å²) in [6, 6.07) is 3.08. The Labute approximate surface area is 135 Å². The number of furan rings is 1. The van der Waals surface area contributed by atoms with E-state index in [1.807, 2.05) is 0 Å². The number of carbonyl (C=O) groups excluding carboxylic acids is 1. The zero-order valence-electron chi connectivity index (χ0n) is 12.9. The van der Waals surface area contributed by atoms with Crippen LogP contribution in [0.4, 0.5) is 20.3 Å². The molecule has 0 spiro atoms. The molecular weight excluding hydrogens is 320 g/mol. The van der Waals surface area contributed by atoms with Gasteiger partial charge in [-0.3, -0.25) is 0 Å². The van der Waals surface area contributed by atoms with Gasteiger partial charge in [0, 0.05) is 6.07 Å². The lowest BCUT2D eigenvalue weighted by Gasteiger charge is -2.08. The number of carbonyl (C=O) groups is 1. The van der Waals surface area contributed by atoms with Gasteiger partial charge in [-0.2, -0.15) is 0 Å². The number of hydrogen-bond donors (Lipinski definition) is 1. The molecule has 0 aliphatic heterocycles. The van der Waals surface area contributed by atoms with Crippen molar-refractivity contribution in [1.82, 2.24) is 9.97 Å². The monoisotopic (exact) mass is 333 g/mol.